The van der Waals surface area contributed by atoms with E-state index in [2.05, 4.69) is 20.6 Å². The van der Waals surface area contributed by atoms with Crippen LogP contribution in [0.4, 0.5) is 29.2 Å². The van der Waals surface area contributed by atoms with E-state index in [-0.39, 0.29) is 0 Å². The molecular weight excluding hydrogens is 572 g/mol. The molecule has 0 spiro atoms. The Labute approximate surface area is 244 Å². The molecule has 4 N–H and O–H groups in total. The Kier molecular flexibility index (Phi) is 4.99. The summed E-state index contributed by atoms with van der Waals surface area (Å²) >= 11 is 0. The molecule has 2 atom stereocenters. The van der Waals surface area contributed by atoms with Gasteiger partial charge in [-0.05, 0) is 60.7 Å². The smallest absolute Gasteiger partial charge is 0.142 e. The maximum Gasteiger partial charge on any atom is 0.142 e. The Morgan fingerprint density at radius 3 is 2.02 bits per heavy atom. The summed E-state index contributed by atoms with van der Waals surface area (Å²) in [6, 6.07) is 8.53. The Morgan fingerprint density at radius 1 is 0.568 bits per heavy atom. The minimum absolute atomic E-state index is 0.311. The van der Waals surface area contributed by atoms with E-state index in [9.17, 15) is 17.6 Å². The first kappa shape index (κ1) is 24.8. The van der Waals surface area contributed by atoms with Gasteiger partial charge >= 0.3 is 0 Å². The number of fused-ring (bicyclic) bond motifs is 18. The minimum atomic E-state index is -0.593. The quantitative estimate of drug-likeness (QED) is 0.199. The van der Waals surface area contributed by atoms with E-state index < -0.39 is 35.1 Å². The first-order valence-corrected chi connectivity index (χ1v) is 13.7. The standard InChI is InChI=1S/C32H18F4N8/c33-13-1-5-17-21(9-13)29-37-25(17)41-30-22-10-14(34)2-6-18(22)27(38-30)43-32-24-12-16(36)4-8-20(24)28(40-32)44-31-23-11-15(35)3-7-19(23)26(39-31)42-29/h1-12,17,24,38H,(H,37,41)(H,40,43)(H,39,42,44). The number of hydrogen-bond acceptors (Lipinski definition) is 6. The van der Waals surface area contributed by atoms with E-state index in [1.54, 1.807) is 24.3 Å². The lowest BCUT2D eigenvalue weighted by molar-refractivity contribution is 0.629. The molecule has 4 aromatic rings. The summed E-state index contributed by atoms with van der Waals surface area (Å²) in [5.41, 5.74) is 1.86. The maximum absolute atomic E-state index is 14.5. The van der Waals surface area contributed by atoms with Crippen molar-refractivity contribution in [3.05, 3.63) is 130 Å². The van der Waals surface area contributed by atoms with Crippen LogP contribution in [0.1, 0.15) is 0 Å². The average Bonchev–Trinajstić information content (AvgIpc) is 3.71. The van der Waals surface area contributed by atoms with Gasteiger partial charge in [0.15, 0.2) is 0 Å². The van der Waals surface area contributed by atoms with Gasteiger partial charge in [0.2, 0.25) is 0 Å². The van der Waals surface area contributed by atoms with Crippen LogP contribution >= 0.6 is 0 Å². The van der Waals surface area contributed by atoms with Crippen molar-refractivity contribution in [2.45, 2.75) is 0 Å². The predicted molar refractivity (Wildman–Crippen MR) is 157 cm³/mol. The normalized spacial score (nSPS) is 21.6. The van der Waals surface area contributed by atoms with Crippen LogP contribution in [0.5, 0.6) is 0 Å². The fourth-order valence-corrected chi connectivity index (χ4v) is 6.13. The Balaban J connectivity index is 1.38. The lowest BCUT2D eigenvalue weighted by atomic mass is 9.95. The highest BCUT2D eigenvalue weighted by Gasteiger charge is 2.33. The molecule has 2 aromatic heterocycles. The van der Waals surface area contributed by atoms with Crippen LogP contribution in [-0.2, 0) is 0 Å². The molecule has 0 fully saturated rings. The number of allylic oxidation sites excluding steroid dienone is 6. The molecule has 0 radical (unpaired) electrons. The molecule has 8 nitrogen and oxygen atoms in total. The van der Waals surface area contributed by atoms with Crippen molar-refractivity contribution < 1.29 is 17.6 Å². The highest BCUT2D eigenvalue weighted by Crippen LogP contribution is 2.39. The molecule has 2 unspecified atom stereocenters. The number of halogens is 4. The summed E-state index contributed by atoms with van der Waals surface area (Å²) in [4.78, 5) is 25.6. The van der Waals surface area contributed by atoms with Crippen LogP contribution in [0.3, 0.4) is 0 Å². The first-order valence-electron chi connectivity index (χ1n) is 13.7. The molecule has 0 saturated heterocycles. The summed E-state index contributed by atoms with van der Waals surface area (Å²) in [6.45, 7) is 0. The molecule has 214 valence electrons. The van der Waals surface area contributed by atoms with Crippen LogP contribution in [0.2, 0.25) is 0 Å². The summed E-state index contributed by atoms with van der Waals surface area (Å²) in [6.07, 6.45) is 8.77. The van der Waals surface area contributed by atoms with Crippen LogP contribution in [-0.4, -0.2) is 21.6 Å². The van der Waals surface area contributed by atoms with Crippen molar-refractivity contribution >= 4 is 44.9 Å². The van der Waals surface area contributed by atoms with E-state index in [1.165, 1.54) is 48.6 Å². The second-order valence-corrected chi connectivity index (χ2v) is 10.8. The number of H-pyrrole nitrogens is 2. The van der Waals surface area contributed by atoms with Gasteiger partial charge in [0.1, 0.15) is 69.2 Å². The molecule has 8 bridgehead atoms. The molecule has 12 heteroatoms. The van der Waals surface area contributed by atoms with Gasteiger partial charge < -0.3 is 20.6 Å². The summed E-state index contributed by atoms with van der Waals surface area (Å²) in [5.74, 6) is -0.664. The molecule has 44 heavy (non-hydrogen) atoms. The summed E-state index contributed by atoms with van der Waals surface area (Å²) < 4.78 is 58.0. The van der Waals surface area contributed by atoms with Gasteiger partial charge in [-0.25, -0.2) is 37.5 Å². The minimum Gasteiger partial charge on any atom is -0.327 e. The van der Waals surface area contributed by atoms with E-state index >= 15 is 0 Å². The number of hydrogen-bond donors (Lipinski definition) is 4. The topological polar surface area (TPSA) is 105 Å². The van der Waals surface area contributed by atoms with Crippen LogP contribution in [0, 0.1) is 23.5 Å². The molecule has 0 amide bonds. The molecule has 5 heterocycles. The third kappa shape index (κ3) is 3.70. The highest BCUT2D eigenvalue weighted by atomic mass is 19.1. The second-order valence-electron chi connectivity index (χ2n) is 10.8. The summed E-state index contributed by atoms with van der Waals surface area (Å²) in [5, 5.41) is 8.52. The van der Waals surface area contributed by atoms with Gasteiger partial charge in [0, 0.05) is 32.7 Å². The Morgan fingerprint density at radius 2 is 1.23 bits per heavy atom. The third-order valence-corrected chi connectivity index (χ3v) is 8.16. The number of aliphatic imine (C=N–C) groups is 2. The van der Waals surface area contributed by atoms with Crippen molar-refractivity contribution in [2.75, 3.05) is 0 Å². The molecular formula is C32H18F4N8. The van der Waals surface area contributed by atoms with Crippen LogP contribution in [0.15, 0.2) is 127 Å². The lowest BCUT2D eigenvalue weighted by Crippen LogP contribution is -2.23. The van der Waals surface area contributed by atoms with Crippen LogP contribution < -0.4 is 21.6 Å². The molecule has 3 aliphatic heterocycles. The Bertz CT molecular complexity index is 2400. The van der Waals surface area contributed by atoms with Crippen molar-refractivity contribution in [1.82, 2.24) is 20.6 Å². The number of nitrogens with one attached hydrogen (secondary N) is 4. The zero-order valence-corrected chi connectivity index (χ0v) is 22.4. The number of amidine groups is 2. The van der Waals surface area contributed by atoms with Gasteiger partial charge in [-0.2, -0.15) is 0 Å². The largest absolute Gasteiger partial charge is 0.327 e. The maximum atomic E-state index is 14.5. The number of rotatable bonds is 0. The number of benzene rings is 2. The van der Waals surface area contributed by atoms with Crippen molar-refractivity contribution in [1.29, 1.82) is 0 Å². The third-order valence-electron chi connectivity index (χ3n) is 8.16. The van der Waals surface area contributed by atoms with E-state index in [0.29, 0.717) is 78.6 Å². The highest BCUT2D eigenvalue weighted by molar-refractivity contribution is 6.06. The molecule has 5 aliphatic rings. The summed E-state index contributed by atoms with van der Waals surface area (Å²) in [7, 11) is 0. The van der Waals surface area contributed by atoms with Gasteiger partial charge in [-0.15, -0.1) is 0 Å². The zero-order valence-electron chi connectivity index (χ0n) is 22.4. The van der Waals surface area contributed by atoms with Crippen molar-refractivity contribution in [3.63, 3.8) is 0 Å². The van der Waals surface area contributed by atoms with Gasteiger partial charge in [-0.1, -0.05) is 12.2 Å². The number of nitrogens with zero attached hydrogens (tertiary/aromatic N) is 4. The number of aromatic amines is 2. The van der Waals surface area contributed by atoms with E-state index in [4.69, 9.17) is 20.0 Å². The van der Waals surface area contributed by atoms with E-state index in [0.717, 1.165) is 0 Å². The second kappa shape index (κ2) is 8.86. The lowest BCUT2D eigenvalue weighted by Gasteiger charge is -2.11. The number of aromatic nitrogens is 2. The van der Waals surface area contributed by atoms with Crippen molar-refractivity contribution in [2.24, 2.45) is 31.8 Å². The van der Waals surface area contributed by atoms with Crippen LogP contribution in [0.25, 0.3) is 21.5 Å². The monoisotopic (exact) mass is 590 g/mol. The Hall–Kier alpha value is -5.78. The average molecular weight is 591 g/mol. The van der Waals surface area contributed by atoms with Gasteiger partial charge in [-0.3, -0.25) is 0 Å². The fourth-order valence-electron chi connectivity index (χ4n) is 6.13. The zero-order chi connectivity index (χ0) is 29.7. The van der Waals surface area contributed by atoms with Gasteiger partial charge in [0.05, 0.1) is 11.8 Å². The molecule has 2 aromatic carbocycles. The first-order chi connectivity index (χ1) is 21.4. The fraction of sp³-hybridized carbons (Fsp3) is 0.0625. The van der Waals surface area contributed by atoms with E-state index in [1.807, 2.05) is 0 Å². The van der Waals surface area contributed by atoms with Crippen molar-refractivity contribution in [3.8, 4) is 0 Å². The molecule has 2 aliphatic carbocycles. The SMILES string of the molecule is FC1=CC2=C3N=c4[nH]c(c5cc(F)ccc45)=NC4=C5C=CC(F)=CC5C(=Nc5[nH]c(c6cc(F)ccc56)N=C(N3)C2C=C1)N4. The van der Waals surface area contributed by atoms with Gasteiger partial charge in [0.25, 0.3) is 0 Å². The molecule has 0 saturated carbocycles. The predicted octanol–water partition coefficient (Wildman–Crippen LogP) is 5.65. The molecule has 9 rings (SSSR count).